The van der Waals surface area contributed by atoms with Gasteiger partial charge in [-0.05, 0) is 35.0 Å². The molecule has 0 unspecified atom stereocenters. The Hall–Kier alpha value is -2.42. The first-order chi connectivity index (χ1) is 9.99. The SMILES string of the molecule is CC(C)CNCc1nnnn1-c1ccc(F)c([N+](=O)[O-])c1. The molecule has 0 saturated carbocycles. The highest BCUT2D eigenvalue weighted by atomic mass is 19.1. The summed E-state index contributed by atoms with van der Waals surface area (Å²) in [6.45, 7) is 5.34. The molecular weight excluding hydrogens is 279 g/mol. The average Bonchev–Trinajstić information content (AvgIpc) is 2.87. The predicted molar refractivity (Wildman–Crippen MR) is 72.3 cm³/mol. The van der Waals surface area contributed by atoms with Gasteiger partial charge in [-0.1, -0.05) is 13.8 Å². The molecule has 1 N–H and O–H groups in total. The molecule has 0 radical (unpaired) electrons. The number of hydrogen-bond donors (Lipinski definition) is 1. The van der Waals surface area contributed by atoms with Crippen molar-refractivity contribution in [3.63, 3.8) is 0 Å². The molecule has 112 valence electrons. The number of nitrogens with zero attached hydrogens (tertiary/aromatic N) is 5. The summed E-state index contributed by atoms with van der Waals surface area (Å²) in [6, 6.07) is 3.53. The fraction of sp³-hybridized carbons (Fsp3) is 0.417. The lowest BCUT2D eigenvalue weighted by atomic mass is 10.2. The largest absolute Gasteiger partial charge is 0.310 e. The number of hydrogen-bond acceptors (Lipinski definition) is 6. The van der Waals surface area contributed by atoms with E-state index in [1.54, 1.807) is 0 Å². The molecule has 1 aromatic carbocycles. The fourth-order valence-corrected chi connectivity index (χ4v) is 1.76. The molecule has 0 aliphatic carbocycles. The number of nitro groups is 1. The van der Waals surface area contributed by atoms with Crippen LogP contribution in [0.3, 0.4) is 0 Å². The van der Waals surface area contributed by atoms with Crippen LogP contribution in [0, 0.1) is 21.8 Å². The highest BCUT2D eigenvalue weighted by molar-refractivity contribution is 5.44. The Morgan fingerprint density at radius 3 is 2.90 bits per heavy atom. The number of nitro benzene ring substituents is 1. The van der Waals surface area contributed by atoms with Gasteiger partial charge < -0.3 is 5.32 Å². The van der Waals surface area contributed by atoms with E-state index in [0.717, 1.165) is 18.7 Å². The average molecular weight is 294 g/mol. The third kappa shape index (κ3) is 3.57. The van der Waals surface area contributed by atoms with Crippen LogP contribution in [-0.4, -0.2) is 31.7 Å². The summed E-state index contributed by atoms with van der Waals surface area (Å²) in [5.74, 6) is 0.0779. The molecule has 0 fully saturated rings. The monoisotopic (exact) mass is 294 g/mol. The van der Waals surface area contributed by atoms with Gasteiger partial charge in [-0.15, -0.1) is 5.10 Å². The Bertz CT molecular complexity index is 642. The lowest BCUT2D eigenvalue weighted by Gasteiger charge is -2.08. The zero-order valence-corrected chi connectivity index (χ0v) is 11.7. The minimum absolute atomic E-state index is 0.342. The highest BCUT2D eigenvalue weighted by Gasteiger charge is 2.17. The summed E-state index contributed by atoms with van der Waals surface area (Å²) in [5, 5.41) is 25.1. The van der Waals surface area contributed by atoms with E-state index in [9.17, 15) is 14.5 Å². The van der Waals surface area contributed by atoms with E-state index in [-0.39, 0.29) is 0 Å². The Morgan fingerprint density at radius 2 is 2.24 bits per heavy atom. The van der Waals surface area contributed by atoms with Gasteiger partial charge in [0.25, 0.3) is 0 Å². The van der Waals surface area contributed by atoms with E-state index >= 15 is 0 Å². The van der Waals surface area contributed by atoms with E-state index in [2.05, 4.69) is 34.7 Å². The van der Waals surface area contributed by atoms with E-state index < -0.39 is 16.4 Å². The van der Waals surface area contributed by atoms with Crippen molar-refractivity contribution >= 4 is 5.69 Å². The molecule has 0 aliphatic heterocycles. The minimum atomic E-state index is -0.892. The molecule has 8 nitrogen and oxygen atoms in total. The molecule has 0 saturated heterocycles. The van der Waals surface area contributed by atoms with Crippen LogP contribution in [0.1, 0.15) is 19.7 Å². The number of rotatable bonds is 6. The predicted octanol–water partition coefficient (Wildman–Crippen LogP) is 1.46. The third-order valence-electron chi connectivity index (χ3n) is 2.74. The van der Waals surface area contributed by atoms with Gasteiger partial charge >= 0.3 is 5.69 Å². The second-order valence-corrected chi connectivity index (χ2v) is 4.92. The summed E-state index contributed by atoms with van der Waals surface area (Å²) in [4.78, 5) is 9.99. The number of halogens is 1. The Kier molecular flexibility index (Phi) is 4.53. The fourth-order valence-electron chi connectivity index (χ4n) is 1.76. The van der Waals surface area contributed by atoms with Gasteiger partial charge in [0.15, 0.2) is 5.82 Å². The second-order valence-electron chi connectivity index (χ2n) is 4.92. The van der Waals surface area contributed by atoms with Crippen LogP contribution in [0.15, 0.2) is 18.2 Å². The maximum Gasteiger partial charge on any atom is 0.306 e. The molecule has 0 spiro atoms. The van der Waals surface area contributed by atoms with E-state index in [1.165, 1.54) is 10.7 Å². The Balaban J connectivity index is 2.25. The quantitative estimate of drug-likeness (QED) is 0.639. The van der Waals surface area contributed by atoms with Crippen LogP contribution in [0.5, 0.6) is 0 Å². The van der Waals surface area contributed by atoms with E-state index in [0.29, 0.717) is 24.0 Å². The highest BCUT2D eigenvalue weighted by Crippen LogP contribution is 2.20. The normalized spacial score (nSPS) is 11.0. The van der Waals surface area contributed by atoms with Crippen LogP contribution in [0.25, 0.3) is 5.69 Å². The zero-order valence-electron chi connectivity index (χ0n) is 11.7. The number of benzene rings is 1. The Labute approximate surface area is 120 Å². The Morgan fingerprint density at radius 1 is 1.48 bits per heavy atom. The number of tetrazole rings is 1. The van der Waals surface area contributed by atoms with Crippen molar-refractivity contribution in [3.05, 3.63) is 40.0 Å². The molecule has 2 aromatic rings. The molecule has 1 aromatic heterocycles. The van der Waals surface area contributed by atoms with Crippen LogP contribution in [-0.2, 0) is 6.54 Å². The van der Waals surface area contributed by atoms with Crippen molar-refractivity contribution in [2.75, 3.05) is 6.54 Å². The standard InChI is InChI=1S/C12H15FN6O2/c1-8(2)6-14-7-12-15-16-17-18(12)9-3-4-10(13)11(5-9)19(20)21/h3-5,8,14H,6-7H2,1-2H3. The lowest BCUT2D eigenvalue weighted by Crippen LogP contribution is -2.21. The van der Waals surface area contributed by atoms with E-state index in [1.807, 2.05) is 0 Å². The van der Waals surface area contributed by atoms with E-state index in [4.69, 9.17) is 0 Å². The van der Waals surface area contributed by atoms with Crippen molar-refractivity contribution < 1.29 is 9.31 Å². The molecule has 0 amide bonds. The van der Waals surface area contributed by atoms with Gasteiger partial charge in [-0.25, -0.2) is 0 Å². The number of aromatic nitrogens is 4. The summed E-state index contributed by atoms with van der Waals surface area (Å²) < 4.78 is 14.7. The summed E-state index contributed by atoms with van der Waals surface area (Å²) in [7, 11) is 0. The molecule has 2 rings (SSSR count). The van der Waals surface area contributed by atoms with Gasteiger partial charge in [-0.2, -0.15) is 9.07 Å². The zero-order chi connectivity index (χ0) is 15.4. The first-order valence-electron chi connectivity index (χ1n) is 6.41. The van der Waals surface area contributed by atoms with Crippen molar-refractivity contribution in [2.24, 2.45) is 5.92 Å². The first-order valence-corrected chi connectivity index (χ1v) is 6.41. The van der Waals surface area contributed by atoms with Gasteiger partial charge in [0.2, 0.25) is 5.82 Å². The summed E-state index contributed by atoms with van der Waals surface area (Å²) in [5.41, 5.74) is -0.265. The lowest BCUT2D eigenvalue weighted by molar-refractivity contribution is -0.387. The van der Waals surface area contributed by atoms with Crippen molar-refractivity contribution in [1.82, 2.24) is 25.5 Å². The molecular formula is C12H15FN6O2. The first kappa shape index (κ1) is 15.0. The summed E-state index contributed by atoms with van der Waals surface area (Å²) in [6.07, 6.45) is 0. The van der Waals surface area contributed by atoms with Crippen molar-refractivity contribution in [2.45, 2.75) is 20.4 Å². The minimum Gasteiger partial charge on any atom is -0.310 e. The summed E-state index contributed by atoms with van der Waals surface area (Å²) >= 11 is 0. The maximum absolute atomic E-state index is 13.3. The van der Waals surface area contributed by atoms with Crippen molar-refractivity contribution in [1.29, 1.82) is 0 Å². The molecule has 1 heterocycles. The molecule has 21 heavy (non-hydrogen) atoms. The molecule has 0 atom stereocenters. The molecule has 9 heteroatoms. The van der Waals surface area contributed by atoms with Crippen molar-refractivity contribution in [3.8, 4) is 5.69 Å². The van der Waals surface area contributed by atoms with Gasteiger partial charge in [0.05, 0.1) is 17.2 Å². The van der Waals surface area contributed by atoms with Crippen LogP contribution in [0.2, 0.25) is 0 Å². The second kappa shape index (κ2) is 6.35. The molecule has 0 bridgehead atoms. The van der Waals surface area contributed by atoms with Gasteiger partial charge in [-0.3, -0.25) is 10.1 Å². The van der Waals surface area contributed by atoms with Crippen LogP contribution >= 0.6 is 0 Å². The number of nitrogens with one attached hydrogen (secondary N) is 1. The smallest absolute Gasteiger partial charge is 0.306 e. The topological polar surface area (TPSA) is 98.8 Å². The van der Waals surface area contributed by atoms with Gasteiger partial charge in [0.1, 0.15) is 0 Å². The maximum atomic E-state index is 13.3. The molecule has 0 aliphatic rings. The third-order valence-corrected chi connectivity index (χ3v) is 2.74. The van der Waals surface area contributed by atoms with Gasteiger partial charge in [0, 0.05) is 6.07 Å². The van der Waals surface area contributed by atoms with Crippen LogP contribution in [0.4, 0.5) is 10.1 Å². The van der Waals surface area contributed by atoms with Crippen LogP contribution < -0.4 is 5.32 Å².